The van der Waals surface area contributed by atoms with Crippen LogP contribution in [-0.4, -0.2) is 29.2 Å². The van der Waals surface area contributed by atoms with Crippen LogP contribution in [0.5, 0.6) is 5.75 Å². The van der Waals surface area contributed by atoms with Crippen molar-refractivity contribution in [3.05, 3.63) is 36.2 Å². The average Bonchev–Trinajstić information content (AvgIpc) is 3.27. The second-order valence-corrected chi connectivity index (χ2v) is 5.79. The highest BCUT2D eigenvalue weighted by Gasteiger charge is 2.24. The molecule has 1 saturated heterocycles. The van der Waals surface area contributed by atoms with E-state index in [0.717, 1.165) is 30.1 Å². The van der Waals surface area contributed by atoms with E-state index in [4.69, 9.17) is 10.5 Å². The van der Waals surface area contributed by atoms with Crippen LogP contribution in [0.1, 0.15) is 24.3 Å². The van der Waals surface area contributed by atoms with Crippen molar-refractivity contribution >= 4 is 5.82 Å². The van der Waals surface area contributed by atoms with Crippen LogP contribution >= 0.6 is 0 Å². The topological polar surface area (TPSA) is 73.1 Å². The van der Waals surface area contributed by atoms with Crippen LogP contribution in [0.4, 0.5) is 5.82 Å². The number of pyridine rings is 2. The third kappa shape index (κ3) is 2.69. The van der Waals surface area contributed by atoms with Gasteiger partial charge in [-0.05, 0) is 42.5 Å². The maximum absolute atomic E-state index is 5.94. The molecule has 108 valence electrons. The Balaban J connectivity index is 1.64. The van der Waals surface area contributed by atoms with Crippen molar-refractivity contribution in [3.8, 4) is 17.0 Å². The third-order valence-corrected chi connectivity index (χ3v) is 3.97. The summed E-state index contributed by atoms with van der Waals surface area (Å²) in [6.07, 6.45) is 6.30. The van der Waals surface area contributed by atoms with Gasteiger partial charge < -0.3 is 15.8 Å². The van der Waals surface area contributed by atoms with Crippen molar-refractivity contribution in [1.82, 2.24) is 15.3 Å². The highest BCUT2D eigenvalue weighted by atomic mass is 16.5. The van der Waals surface area contributed by atoms with Gasteiger partial charge in [0.2, 0.25) is 0 Å². The molecule has 5 nitrogen and oxygen atoms in total. The van der Waals surface area contributed by atoms with E-state index in [1.165, 1.54) is 18.4 Å². The summed E-state index contributed by atoms with van der Waals surface area (Å²) in [4.78, 5) is 8.70. The standard InChI is InChI=1S/C16H18N4O/c17-16-5-11(10-1-2-10)4-15(20-16)12-3-13(7-18-6-12)21-14-8-19-9-14/h3-7,10,14,19H,1-2,8-9H2,(H2,17,20). The van der Waals surface area contributed by atoms with Crippen molar-refractivity contribution in [2.45, 2.75) is 24.9 Å². The summed E-state index contributed by atoms with van der Waals surface area (Å²) in [6.45, 7) is 1.79. The molecule has 2 fully saturated rings. The fourth-order valence-electron chi connectivity index (χ4n) is 2.54. The molecule has 3 N–H and O–H groups in total. The van der Waals surface area contributed by atoms with Gasteiger partial charge in [-0.3, -0.25) is 4.98 Å². The minimum absolute atomic E-state index is 0.248. The van der Waals surface area contributed by atoms with Gasteiger partial charge in [0.25, 0.3) is 0 Å². The molecule has 2 aromatic rings. The van der Waals surface area contributed by atoms with Gasteiger partial charge in [-0.25, -0.2) is 4.98 Å². The number of nitrogens with two attached hydrogens (primary N) is 1. The lowest BCUT2D eigenvalue weighted by molar-refractivity contribution is 0.142. The summed E-state index contributed by atoms with van der Waals surface area (Å²) in [7, 11) is 0. The monoisotopic (exact) mass is 282 g/mol. The van der Waals surface area contributed by atoms with E-state index in [2.05, 4.69) is 21.4 Å². The second-order valence-electron chi connectivity index (χ2n) is 5.79. The first kappa shape index (κ1) is 12.6. The van der Waals surface area contributed by atoms with Crippen LogP contribution in [0, 0.1) is 0 Å². The minimum Gasteiger partial charge on any atom is -0.486 e. The quantitative estimate of drug-likeness (QED) is 0.896. The smallest absolute Gasteiger partial charge is 0.138 e. The maximum Gasteiger partial charge on any atom is 0.138 e. The van der Waals surface area contributed by atoms with Crippen LogP contribution in [0.15, 0.2) is 30.6 Å². The molecular weight excluding hydrogens is 264 g/mol. The molecule has 21 heavy (non-hydrogen) atoms. The van der Waals surface area contributed by atoms with Gasteiger partial charge in [-0.2, -0.15) is 0 Å². The van der Waals surface area contributed by atoms with Crippen molar-refractivity contribution in [2.75, 3.05) is 18.8 Å². The van der Waals surface area contributed by atoms with Gasteiger partial charge in [-0.1, -0.05) is 0 Å². The number of nitrogen functional groups attached to an aromatic ring is 1. The van der Waals surface area contributed by atoms with Gasteiger partial charge in [0.05, 0.1) is 11.9 Å². The number of hydrogen-bond donors (Lipinski definition) is 2. The highest BCUT2D eigenvalue weighted by molar-refractivity contribution is 5.63. The normalized spacial score (nSPS) is 18.3. The zero-order valence-corrected chi connectivity index (χ0v) is 11.7. The molecule has 0 amide bonds. The Kier molecular flexibility index (Phi) is 3.00. The fourth-order valence-corrected chi connectivity index (χ4v) is 2.54. The molecule has 5 heteroatoms. The molecule has 0 aromatic carbocycles. The number of nitrogens with zero attached hydrogens (tertiary/aromatic N) is 2. The van der Waals surface area contributed by atoms with E-state index < -0.39 is 0 Å². The lowest BCUT2D eigenvalue weighted by Gasteiger charge is -2.27. The van der Waals surface area contributed by atoms with Crippen LogP contribution in [0.2, 0.25) is 0 Å². The molecule has 0 spiro atoms. The Bertz CT molecular complexity index is 665. The van der Waals surface area contributed by atoms with Gasteiger partial charge in [0.1, 0.15) is 17.7 Å². The van der Waals surface area contributed by atoms with Gasteiger partial charge >= 0.3 is 0 Å². The summed E-state index contributed by atoms with van der Waals surface area (Å²) >= 11 is 0. The Morgan fingerprint density at radius 3 is 2.71 bits per heavy atom. The Hall–Kier alpha value is -2.14. The Morgan fingerprint density at radius 1 is 1.14 bits per heavy atom. The summed E-state index contributed by atoms with van der Waals surface area (Å²) < 4.78 is 5.85. The average molecular weight is 282 g/mol. The van der Waals surface area contributed by atoms with E-state index in [1.54, 1.807) is 6.20 Å². The summed E-state index contributed by atoms with van der Waals surface area (Å²) in [5.41, 5.74) is 9.05. The van der Waals surface area contributed by atoms with Crippen LogP contribution in [0.3, 0.4) is 0 Å². The molecule has 3 heterocycles. The number of hydrogen-bond acceptors (Lipinski definition) is 5. The molecule has 1 saturated carbocycles. The zero-order chi connectivity index (χ0) is 14.2. The minimum atomic E-state index is 0.248. The van der Waals surface area contributed by atoms with E-state index in [9.17, 15) is 0 Å². The summed E-state index contributed by atoms with van der Waals surface area (Å²) in [5.74, 6) is 2.02. The molecule has 0 unspecified atom stereocenters. The highest BCUT2D eigenvalue weighted by Crippen LogP contribution is 2.41. The molecule has 0 radical (unpaired) electrons. The van der Waals surface area contributed by atoms with E-state index >= 15 is 0 Å². The molecule has 2 aliphatic rings. The summed E-state index contributed by atoms with van der Waals surface area (Å²) in [5, 5.41) is 3.19. The van der Waals surface area contributed by atoms with Gasteiger partial charge in [-0.15, -0.1) is 0 Å². The van der Waals surface area contributed by atoms with Crippen LogP contribution in [0.25, 0.3) is 11.3 Å². The maximum atomic E-state index is 5.94. The Morgan fingerprint density at radius 2 is 2.00 bits per heavy atom. The first-order chi connectivity index (χ1) is 10.3. The summed E-state index contributed by atoms with van der Waals surface area (Å²) in [6, 6.07) is 6.10. The zero-order valence-electron chi connectivity index (χ0n) is 11.7. The van der Waals surface area contributed by atoms with E-state index in [0.29, 0.717) is 11.7 Å². The number of nitrogens with one attached hydrogen (secondary N) is 1. The number of anilines is 1. The number of ether oxygens (including phenoxy) is 1. The van der Waals surface area contributed by atoms with Crippen molar-refractivity contribution in [1.29, 1.82) is 0 Å². The fraction of sp³-hybridized carbons (Fsp3) is 0.375. The first-order valence-corrected chi connectivity index (χ1v) is 7.38. The number of aromatic nitrogens is 2. The number of rotatable bonds is 4. The Labute approximate surface area is 123 Å². The molecular formula is C16H18N4O. The lowest BCUT2D eigenvalue weighted by atomic mass is 10.1. The van der Waals surface area contributed by atoms with E-state index in [1.807, 2.05) is 18.3 Å². The van der Waals surface area contributed by atoms with Crippen LogP contribution < -0.4 is 15.8 Å². The lowest BCUT2D eigenvalue weighted by Crippen LogP contribution is -2.50. The van der Waals surface area contributed by atoms with Crippen molar-refractivity contribution < 1.29 is 4.74 Å². The first-order valence-electron chi connectivity index (χ1n) is 7.38. The second kappa shape index (κ2) is 5.00. The SMILES string of the molecule is Nc1cc(C2CC2)cc(-c2cncc(OC3CNC3)c2)n1. The molecule has 1 aliphatic heterocycles. The van der Waals surface area contributed by atoms with Gasteiger partial charge in [0.15, 0.2) is 0 Å². The molecule has 4 rings (SSSR count). The van der Waals surface area contributed by atoms with Crippen molar-refractivity contribution in [2.24, 2.45) is 0 Å². The molecule has 2 aromatic heterocycles. The molecule has 0 bridgehead atoms. The van der Waals surface area contributed by atoms with Crippen LogP contribution in [-0.2, 0) is 0 Å². The third-order valence-electron chi connectivity index (χ3n) is 3.97. The molecule has 1 aliphatic carbocycles. The van der Waals surface area contributed by atoms with E-state index in [-0.39, 0.29) is 6.10 Å². The molecule has 0 atom stereocenters. The predicted octanol–water partition coefficient (Wildman–Crippen LogP) is 1.95. The van der Waals surface area contributed by atoms with Gasteiger partial charge in [0, 0.05) is 24.8 Å². The van der Waals surface area contributed by atoms with Crippen molar-refractivity contribution in [3.63, 3.8) is 0 Å². The predicted molar refractivity (Wildman–Crippen MR) is 81.1 cm³/mol. The largest absolute Gasteiger partial charge is 0.486 e.